The van der Waals surface area contributed by atoms with Crippen molar-refractivity contribution >= 4 is 19.8 Å². The average Bonchev–Trinajstić information content (AvgIpc) is 1.98. The summed E-state index contributed by atoms with van der Waals surface area (Å²) in [6, 6.07) is 0. The van der Waals surface area contributed by atoms with E-state index >= 15 is 0 Å². The first-order chi connectivity index (χ1) is 47.0. The van der Waals surface area contributed by atoms with Gasteiger partial charge in [-0.05, 0) is 167 Å². The Kier molecular flexibility index (Phi) is 68.4. The van der Waals surface area contributed by atoms with Crippen molar-refractivity contribution in [3.8, 4) is 0 Å². The number of esters is 2. The Morgan fingerprint density at radius 1 is 0.323 bits per heavy atom. The van der Waals surface area contributed by atoms with Crippen LogP contribution in [0.25, 0.3) is 0 Å². The molecule has 0 fully saturated rings. The molecule has 9 nitrogen and oxygen atoms in total. The van der Waals surface area contributed by atoms with E-state index in [1.54, 1.807) is 0 Å². The number of hydrogen-bond acceptors (Lipinski definition) is 8. The lowest BCUT2D eigenvalue weighted by Crippen LogP contribution is -2.37. The standard InChI is InChI=1S/C86H132NO8P/c1-6-8-10-12-14-16-18-20-22-24-26-28-30-32-34-36-38-40-41-42-43-44-45-47-49-51-53-55-57-59-61-63-65-67-69-71-73-75-77-79-86(89)95-84(83-94-96(90,91)93-81-80-87(3,4)5)82-92-85(88)78-76-74-72-70-68-66-64-62-60-58-56-54-52-50-48-46-39-37-35-33-31-29-27-25-23-21-19-17-15-13-11-9-7-2/h8-11,14-17,20-23,26-29,32-35,38-40,42-43,45-47,50-53,56-59,62,64,68,70,84H,6-7,12-13,18-19,24-25,30-31,36-37,41,44,48-49,54-55,60-61,63,65-67,69,71-83H2,1-5H3/b10-8-,11-9-,16-14-,17-15-,22-20-,23-21-,28-26-,29-27-,34-32-,35-33-,40-38-,43-42-,46-39-,47-45-,52-50-,53-51-,58-56-,59-57-,64-62-,70-68-. The van der Waals surface area contributed by atoms with Gasteiger partial charge in [-0.15, -0.1) is 0 Å². The van der Waals surface area contributed by atoms with Crippen molar-refractivity contribution in [2.45, 2.75) is 238 Å². The van der Waals surface area contributed by atoms with Crippen molar-refractivity contribution in [2.75, 3.05) is 47.5 Å². The quantitative estimate of drug-likeness (QED) is 0.0195. The number of phosphoric acid groups is 1. The first kappa shape index (κ1) is 89.8. The SMILES string of the molecule is CC/C=C\C/C=C\C/C=C\C/C=C\C/C=C\C/C=C\C/C=C\C/C=C\C/C=C\C/C=C\CCCCCCCCCCC(=O)OC(COC(=O)CCCC/C=C\C/C=C\C/C=C\C/C=C\C/C=C\C/C=C\C/C=C\C/C=C\C/C=C\C/C=C\CC)COP(=O)([O-])OCC[N+](C)(C)C. The molecule has 10 heteroatoms. The first-order valence-electron chi connectivity index (χ1n) is 36.7. The number of hydrogen-bond donors (Lipinski definition) is 0. The molecule has 0 aliphatic carbocycles. The fourth-order valence-electron chi connectivity index (χ4n) is 8.83. The number of allylic oxidation sites excluding steroid dienone is 40. The van der Waals surface area contributed by atoms with E-state index < -0.39 is 32.5 Å². The molecule has 0 rings (SSSR count). The summed E-state index contributed by atoms with van der Waals surface area (Å²) in [7, 11) is 1.10. The molecule has 0 saturated carbocycles. The van der Waals surface area contributed by atoms with E-state index in [1.807, 2.05) is 21.1 Å². The van der Waals surface area contributed by atoms with Gasteiger partial charge in [0, 0.05) is 12.8 Å². The third-order valence-corrected chi connectivity index (χ3v) is 15.3. The largest absolute Gasteiger partial charge is 0.756 e. The summed E-state index contributed by atoms with van der Waals surface area (Å²) in [5.41, 5.74) is 0. The fraction of sp³-hybridized carbons (Fsp3) is 0.512. The Morgan fingerprint density at radius 2 is 0.562 bits per heavy atom. The van der Waals surface area contributed by atoms with E-state index in [0.29, 0.717) is 23.9 Å². The fourth-order valence-corrected chi connectivity index (χ4v) is 9.56. The van der Waals surface area contributed by atoms with Gasteiger partial charge in [0.05, 0.1) is 27.7 Å². The summed E-state index contributed by atoms with van der Waals surface area (Å²) in [5, 5.41) is 0. The van der Waals surface area contributed by atoms with Crippen molar-refractivity contribution < 1.29 is 42.1 Å². The Hall–Kier alpha value is -6.19. The highest BCUT2D eigenvalue weighted by atomic mass is 31.2. The van der Waals surface area contributed by atoms with E-state index in [-0.39, 0.29) is 26.1 Å². The van der Waals surface area contributed by atoms with Gasteiger partial charge in [-0.2, -0.15) is 0 Å². The van der Waals surface area contributed by atoms with E-state index in [0.717, 1.165) is 167 Å². The van der Waals surface area contributed by atoms with E-state index in [1.165, 1.54) is 25.7 Å². The number of phosphoric ester groups is 1. The third-order valence-electron chi connectivity index (χ3n) is 14.4. The number of likely N-dealkylation sites (N-methyl/N-ethyl adjacent to an activating group) is 1. The van der Waals surface area contributed by atoms with Gasteiger partial charge >= 0.3 is 11.9 Å². The lowest BCUT2D eigenvalue weighted by molar-refractivity contribution is -0.870. The minimum Gasteiger partial charge on any atom is -0.756 e. The highest BCUT2D eigenvalue weighted by molar-refractivity contribution is 7.45. The van der Waals surface area contributed by atoms with Gasteiger partial charge in [-0.1, -0.05) is 295 Å². The highest BCUT2D eigenvalue weighted by Gasteiger charge is 2.22. The molecule has 534 valence electrons. The summed E-state index contributed by atoms with van der Waals surface area (Å²) < 4.78 is 34.2. The first-order valence-corrected chi connectivity index (χ1v) is 38.2. The molecule has 2 unspecified atom stereocenters. The molecule has 2 atom stereocenters. The summed E-state index contributed by atoms with van der Waals surface area (Å²) in [5.74, 6) is -0.915. The number of carbonyl (C=O) groups excluding carboxylic acids is 2. The van der Waals surface area contributed by atoms with Crippen LogP contribution in [0.2, 0.25) is 0 Å². The Balaban J connectivity index is 4.24. The molecule has 0 spiro atoms. The molecule has 0 aliphatic heterocycles. The van der Waals surface area contributed by atoms with Gasteiger partial charge in [0.2, 0.25) is 0 Å². The number of ether oxygens (including phenoxy) is 2. The maximum Gasteiger partial charge on any atom is 0.306 e. The summed E-state index contributed by atoms with van der Waals surface area (Å²) in [6.07, 6.45) is 120. The van der Waals surface area contributed by atoms with Gasteiger partial charge in [0.25, 0.3) is 7.82 Å². The van der Waals surface area contributed by atoms with Gasteiger partial charge in [0.15, 0.2) is 6.10 Å². The smallest absolute Gasteiger partial charge is 0.306 e. The lowest BCUT2D eigenvalue weighted by Gasteiger charge is -2.28. The van der Waals surface area contributed by atoms with Crippen LogP contribution in [0, 0.1) is 0 Å². The number of carbonyl (C=O) groups is 2. The normalized spacial score (nSPS) is 14.5. The Bertz CT molecular complexity index is 2520. The minimum absolute atomic E-state index is 0.0539. The summed E-state index contributed by atoms with van der Waals surface area (Å²) in [4.78, 5) is 38.1. The van der Waals surface area contributed by atoms with Gasteiger partial charge in [-0.25, -0.2) is 0 Å². The lowest BCUT2D eigenvalue weighted by atomic mass is 10.1. The van der Waals surface area contributed by atoms with Gasteiger partial charge in [0.1, 0.15) is 19.8 Å². The molecule has 0 N–H and O–H groups in total. The molecule has 96 heavy (non-hydrogen) atoms. The number of unbranched alkanes of at least 4 members (excludes halogenated alkanes) is 10. The predicted molar refractivity (Wildman–Crippen MR) is 414 cm³/mol. The second-order valence-electron chi connectivity index (χ2n) is 24.5. The number of quaternary nitrogens is 1. The van der Waals surface area contributed by atoms with Crippen LogP contribution in [0.5, 0.6) is 0 Å². The van der Waals surface area contributed by atoms with E-state index in [4.69, 9.17) is 18.5 Å². The van der Waals surface area contributed by atoms with Crippen LogP contribution in [0.15, 0.2) is 243 Å². The van der Waals surface area contributed by atoms with Crippen LogP contribution in [-0.4, -0.2) is 70.0 Å². The average molecular weight is 1340 g/mol. The minimum atomic E-state index is -4.68. The van der Waals surface area contributed by atoms with Crippen LogP contribution in [0.1, 0.15) is 232 Å². The summed E-state index contributed by atoms with van der Waals surface area (Å²) >= 11 is 0. The van der Waals surface area contributed by atoms with Crippen LogP contribution >= 0.6 is 7.82 Å². The predicted octanol–water partition coefficient (Wildman–Crippen LogP) is 24.1. The number of nitrogens with zero attached hydrogens (tertiary/aromatic N) is 1. The zero-order chi connectivity index (χ0) is 69.7. The molecule has 0 amide bonds. The molecule has 0 bridgehead atoms. The van der Waals surface area contributed by atoms with Crippen LogP contribution in [-0.2, 0) is 32.7 Å². The van der Waals surface area contributed by atoms with Crippen molar-refractivity contribution in [1.82, 2.24) is 0 Å². The molecular formula is C86H132NO8P. The molecule has 0 radical (unpaired) electrons. The zero-order valence-electron chi connectivity index (χ0n) is 60.7. The molecule has 0 aromatic heterocycles. The topological polar surface area (TPSA) is 111 Å². The molecule has 0 aromatic rings. The molecule has 0 heterocycles. The summed E-state index contributed by atoms with van der Waals surface area (Å²) in [6.45, 7) is 3.91. The maximum atomic E-state index is 12.9. The molecular weight excluding hydrogens is 1210 g/mol. The van der Waals surface area contributed by atoms with Crippen LogP contribution in [0.3, 0.4) is 0 Å². The van der Waals surface area contributed by atoms with Crippen molar-refractivity contribution in [3.63, 3.8) is 0 Å². The zero-order valence-corrected chi connectivity index (χ0v) is 61.6. The van der Waals surface area contributed by atoms with Gasteiger partial charge in [-0.3, -0.25) is 14.2 Å². The van der Waals surface area contributed by atoms with Crippen molar-refractivity contribution in [2.24, 2.45) is 0 Å². The van der Waals surface area contributed by atoms with Crippen LogP contribution < -0.4 is 4.89 Å². The van der Waals surface area contributed by atoms with E-state index in [9.17, 15) is 19.0 Å². The van der Waals surface area contributed by atoms with Crippen molar-refractivity contribution in [3.05, 3.63) is 243 Å². The second kappa shape index (κ2) is 73.1. The monoisotopic (exact) mass is 1340 g/mol. The maximum absolute atomic E-state index is 12.9. The molecule has 0 aromatic carbocycles. The highest BCUT2D eigenvalue weighted by Crippen LogP contribution is 2.38. The van der Waals surface area contributed by atoms with Crippen LogP contribution in [0.4, 0.5) is 0 Å². The second-order valence-corrected chi connectivity index (χ2v) is 25.9. The molecule has 0 aliphatic rings. The Morgan fingerprint density at radius 3 is 0.854 bits per heavy atom. The molecule has 0 saturated heterocycles. The van der Waals surface area contributed by atoms with Gasteiger partial charge < -0.3 is 27.9 Å². The number of rotatable bonds is 64. The Labute approximate surface area is 587 Å². The third kappa shape index (κ3) is 76.8. The van der Waals surface area contributed by atoms with Crippen molar-refractivity contribution in [1.29, 1.82) is 0 Å². The van der Waals surface area contributed by atoms with E-state index in [2.05, 4.69) is 257 Å².